The molecule has 0 unspecified atom stereocenters. The zero-order chi connectivity index (χ0) is 34.5. The quantitative estimate of drug-likeness (QED) is 0.208. The van der Waals surface area contributed by atoms with E-state index in [9.17, 15) is 27.9 Å². The van der Waals surface area contributed by atoms with Crippen LogP contribution in [-0.2, 0) is 24.1 Å². The van der Waals surface area contributed by atoms with Crippen LogP contribution in [0.4, 0.5) is 13.2 Å². The van der Waals surface area contributed by atoms with Crippen molar-refractivity contribution in [2.75, 3.05) is 19.7 Å². The van der Waals surface area contributed by atoms with Gasteiger partial charge in [0.05, 0.1) is 34.1 Å². The highest BCUT2D eigenvalue weighted by Gasteiger charge is 2.45. The normalized spacial score (nSPS) is 19.8. The maximum Gasteiger partial charge on any atom is 0.522 e. The first-order valence-electron chi connectivity index (χ1n) is 15.7. The van der Waals surface area contributed by atoms with Gasteiger partial charge in [0.1, 0.15) is 18.2 Å². The second-order valence-electron chi connectivity index (χ2n) is 13.2. The van der Waals surface area contributed by atoms with Gasteiger partial charge in [0.25, 0.3) is 5.56 Å². The third-order valence-corrected chi connectivity index (χ3v) is 10.6. The first kappa shape index (κ1) is 34.3. The molecule has 14 heteroatoms. The van der Waals surface area contributed by atoms with E-state index in [1.165, 1.54) is 11.3 Å². The number of carboxylic acids is 1. The van der Waals surface area contributed by atoms with Crippen molar-refractivity contribution in [1.29, 1.82) is 0 Å². The maximum absolute atomic E-state index is 13.8. The number of ether oxygens (including phenoxy) is 2. The number of pyridine rings is 1. The van der Waals surface area contributed by atoms with E-state index in [0.717, 1.165) is 17.7 Å². The number of rotatable bonds is 8. The van der Waals surface area contributed by atoms with E-state index in [1.54, 1.807) is 55.8 Å². The second-order valence-corrected chi connectivity index (χ2v) is 14.5. The summed E-state index contributed by atoms with van der Waals surface area (Å²) >= 11 is 7.68. The number of aromatic carboxylic acids is 1. The summed E-state index contributed by atoms with van der Waals surface area (Å²) in [5.74, 6) is 0.0472. The van der Waals surface area contributed by atoms with Crippen molar-refractivity contribution in [2.24, 2.45) is 5.41 Å². The molecule has 1 fully saturated rings. The van der Waals surface area contributed by atoms with Gasteiger partial charge in [0.15, 0.2) is 0 Å². The van der Waals surface area contributed by atoms with Crippen molar-refractivity contribution in [2.45, 2.75) is 78.4 Å². The maximum atomic E-state index is 13.8. The minimum atomic E-state index is -4.68. The number of carbonyl (C=O) groups is 1. The van der Waals surface area contributed by atoms with Crippen LogP contribution in [0, 0.1) is 19.3 Å². The molecule has 1 saturated heterocycles. The number of alkyl halides is 3. The standard InChI is InChI=1S/C34H36ClF3N4O5S/c1-18-13-23(30-29(39-18)25(16-48-30)32(44)45)22-14-20(35)5-8-27(22)46-12-11-42-19(2)40-26-7-6-21(15-24(26)31(42)43)41-10-9-28(33(3,4)17-41)47-34(36,37)38/h5,8,13-14,16,21,28H,6-7,9-12,15,17H2,1-4H3,(H,44,45)/t21-,28-/m1/s1. The van der Waals surface area contributed by atoms with Crippen LogP contribution in [-0.4, -0.2) is 68.7 Å². The van der Waals surface area contributed by atoms with Gasteiger partial charge in [-0.05, 0) is 63.8 Å². The van der Waals surface area contributed by atoms with Gasteiger partial charge in [-0.2, -0.15) is 0 Å². The molecule has 0 spiro atoms. The molecule has 2 atom stereocenters. The molecule has 4 heterocycles. The third kappa shape index (κ3) is 6.96. The Labute approximate surface area is 284 Å². The average Bonchev–Trinajstić information content (AvgIpc) is 3.43. The molecule has 1 aliphatic heterocycles. The number of hydrogen-bond donors (Lipinski definition) is 1. The molecule has 0 bridgehead atoms. The molecular formula is C34H36ClF3N4O5S. The van der Waals surface area contributed by atoms with Gasteiger partial charge in [0.2, 0.25) is 0 Å². The number of thiophene rings is 1. The molecular weight excluding hydrogens is 669 g/mol. The van der Waals surface area contributed by atoms with E-state index in [0.29, 0.717) is 69.6 Å². The van der Waals surface area contributed by atoms with Crippen LogP contribution in [0.15, 0.2) is 34.4 Å². The summed E-state index contributed by atoms with van der Waals surface area (Å²) in [4.78, 5) is 37.1. The lowest BCUT2D eigenvalue weighted by molar-refractivity contribution is -0.358. The van der Waals surface area contributed by atoms with E-state index in [1.807, 2.05) is 6.07 Å². The highest BCUT2D eigenvalue weighted by molar-refractivity contribution is 7.18. The number of benzene rings is 1. The van der Waals surface area contributed by atoms with Gasteiger partial charge in [-0.25, -0.2) is 9.78 Å². The Morgan fingerprint density at radius 1 is 1.17 bits per heavy atom. The molecule has 1 N–H and O–H groups in total. The van der Waals surface area contributed by atoms with E-state index in [-0.39, 0.29) is 36.7 Å². The first-order chi connectivity index (χ1) is 22.6. The summed E-state index contributed by atoms with van der Waals surface area (Å²) in [6.07, 6.45) is -3.48. The minimum Gasteiger partial charge on any atom is -0.491 e. The molecule has 4 aromatic rings. The number of hydrogen-bond acceptors (Lipinski definition) is 8. The summed E-state index contributed by atoms with van der Waals surface area (Å²) in [6.45, 7) is 8.46. The predicted octanol–water partition coefficient (Wildman–Crippen LogP) is 7.06. The van der Waals surface area contributed by atoms with Crippen molar-refractivity contribution in [3.63, 3.8) is 0 Å². The van der Waals surface area contributed by atoms with E-state index in [2.05, 4.69) is 14.6 Å². The smallest absolute Gasteiger partial charge is 0.491 e. The van der Waals surface area contributed by atoms with Crippen LogP contribution >= 0.6 is 22.9 Å². The topological polar surface area (TPSA) is 107 Å². The van der Waals surface area contributed by atoms with Crippen molar-refractivity contribution in [3.05, 3.63) is 73.4 Å². The fraction of sp³-hybridized carbons (Fsp3) is 0.471. The summed E-state index contributed by atoms with van der Waals surface area (Å²) in [5.41, 5.74) is 3.17. The van der Waals surface area contributed by atoms with Crippen LogP contribution in [0.1, 0.15) is 59.8 Å². The molecule has 1 aromatic carbocycles. The Balaban J connectivity index is 1.20. The van der Waals surface area contributed by atoms with Gasteiger partial charge in [-0.3, -0.25) is 24.0 Å². The van der Waals surface area contributed by atoms with Crippen LogP contribution in [0.5, 0.6) is 5.75 Å². The number of nitrogens with zero attached hydrogens (tertiary/aromatic N) is 4. The Morgan fingerprint density at radius 2 is 1.94 bits per heavy atom. The molecule has 256 valence electrons. The summed E-state index contributed by atoms with van der Waals surface area (Å²) in [5, 5.41) is 11.7. The molecule has 0 radical (unpaired) electrons. The number of halogens is 4. The third-order valence-electron chi connectivity index (χ3n) is 9.33. The largest absolute Gasteiger partial charge is 0.522 e. The minimum absolute atomic E-state index is 0.0155. The Hall–Kier alpha value is -3.52. The van der Waals surface area contributed by atoms with Crippen molar-refractivity contribution in [3.8, 4) is 16.9 Å². The van der Waals surface area contributed by atoms with Crippen LogP contribution in [0.2, 0.25) is 5.02 Å². The van der Waals surface area contributed by atoms with Gasteiger partial charge >= 0.3 is 12.3 Å². The van der Waals surface area contributed by atoms with E-state index in [4.69, 9.17) is 21.3 Å². The van der Waals surface area contributed by atoms with E-state index < -0.39 is 23.9 Å². The zero-order valence-electron chi connectivity index (χ0n) is 27.0. The molecule has 0 amide bonds. The summed E-state index contributed by atoms with van der Waals surface area (Å²) in [6, 6.07) is 7.11. The lowest BCUT2D eigenvalue weighted by Gasteiger charge is -2.47. The fourth-order valence-electron chi connectivity index (χ4n) is 7.03. The SMILES string of the molecule is Cc1cc(-c2cc(Cl)ccc2OCCn2c(C)nc3c(c2=O)C[C@H](N2CC[C@@H](OC(F)(F)F)C(C)(C)C2)CC3)c2scc(C(=O)O)c2n1. The zero-order valence-corrected chi connectivity index (χ0v) is 28.6. The monoisotopic (exact) mass is 704 g/mol. The molecule has 1 aliphatic carbocycles. The van der Waals surface area contributed by atoms with Crippen molar-refractivity contribution >= 4 is 39.1 Å². The van der Waals surface area contributed by atoms with Gasteiger partial charge in [0, 0.05) is 57.3 Å². The van der Waals surface area contributed by atoms with Gasteiger partial charge in [-0.15, -0.1) is 24.5 Å². The van der Waals surface area contributed by atoms with Crippen LogP contribution < -0.4 is 10.3 Å². The lowest BCUT2D eigenvalue weighted by Crippen LogP contribution is -2.55. The van der Waals surface area contributed by atoms with Crippen LogP contribution in [0.25, 0.3) is 21.3 Å². The van der Waals surface area contributed by atoms with Crippen molar-refractivity contribution in [1.82, 2.24) is 19.4 Å². The number of piperidine rings is 1. The molecule has 2 aliphatic rings. The predicted molar refractivity (Wildman–Crippen MR) is 177 cm³/mol. The average molecular weight is 705 g/mol. The molecule has 0 saturated carbocycles. The summed E-state index contributed by atoms with van der Waals surface area (Å²) < 4.78 is 52.0. The molecule has 9 nitrogen and oxygen atoms in total. The number of carboxylic acid groups (broad SMARTS) is 1. The number of aryl methyl sites for hydroxylation is 3. The lowest BCUT2D eigenvalue weighted by atomic mass is 9.79. The van der Waals surface area contributed by atoms with E-state index >= 15 is 0 Å². The van der Waals surface area contributed by atoms with Crippen LogP contribution in [0.3, 0.4) is 0 Å². The Bertz CT molecular complexity index is 1940. The number of fused-ring (bicyclic) bond motifs is 2. The first-order valence-corrected chi connectivity index (χ1v) is 17.0. The van der Waals surface area contributed by atoms with Gasteiger partial charge < -0.3 is 9.84 Å². The number of aromatic nitrogens is 3. The highest BCUT2D eigenvalue weighted by Crippen LogP contribution is 2.41. The molecule has 6 rings (SSSR count). The summed E-state index contributed by atoms with van der Waals surface area (Å²) in [7, 11) is 0. The molecule has 48 heavy (non-hydrogen) atoms. The Morgan fingerprint density at radius 3 is 2.65 bits per heavy atom. The number of likely N-dealkylation sites (tertiary alicyclic amines) is 1. The van der Waals surface area contributed by atoms with Crippen molar-refractivity contribution < 1.29 is 32.5 Å². The van der Waals surface area contributed by atoms with Gasteiger partial charge in [-0.1, -0.05) is 25.4 Å². The Kier molecular flexibility index (Phi) is 9.35. The molecule has 3 aromatic heterocycles. The fourth-order valence-corrected chi connectivity index (χ4v) is 8.21. The second kappa shape index (κ2) is 13.1. The highest BCUT2D eigenvalue weighted by atomic mass is 35.5.